The fourth-order valence-electron chi connectivity index (χ4n) is 1.24. The monoisotopic (exact) mass is 254 g/mol. The van der Waals surface area contributed by atoms with Crippen molar-refractivity contribution in [3.8, 4) is 5.88 Å². The number of ether oxygens (including phenoxy) is 2. The van der Waals surface area contributed by atoms with Crippen LogP contribution in [0, 0.1) is 6.92 Å². The van der Waals surface area contributed by atoms with Crippen LogP contribution >= 0.6 is 0 Å². The van der Waals surface area contributed by atoms with E-state index in [9.17, 15) is 4.79 Å². The van der Waals surface area contributed by atoms with Crippen molar-refractivity contribution in [2.75, 3.05) is 39.2 Å². The van der Waals surface area contributed by atoms with Crippen molar-refractivity contribution in [3.63, 3.8) is 0 Å². The van der Waals surface area contributed by atoms with Gasteiger partial charge in [0.2, 0.25) is 17.7 Å². The molecule has 1 aromatic rings. The first-order valence-corrected chi connectivity index (χ1v) is 5.55. The molecule has 0 aliphatic heterocycles. The predicted molar refractivity (Wildman–Crippen MR) is 66.7 cm³/mol. The molecule has 2 N–H and O–H groups in total. The summed E-state index contributed by atoms with van der Waals surface area (Å²) in [7, 11) is 3.11. The van der Waals surface area contributed by atoms with Crippen LogP contribution in [0.5, 0.6) is 5.88 Å². The third-order valence-electron chi connectivity index (χ3n) is 2.08. The third kappa shape index (κ3) is 4.96. The van der Waals surface area contributed by atoms with Gasteiger partial charge >= 0.3 is 0 Å². The van der Waals surface area contributed by atoms with E-state index in [1.807, 2.05) is 6.92 Å². The molecule has 100 valence electrons. The number of amides is 1. The van der Waals surface area contributed by atoms with Crippen LogP contribution in [0.1, 0.15) is 5.69 Å². The molecule has 1 amide bonds. The van der Waals surface area contributed by atoms with Crippen molar-refractivity contribution in [2.45, 2.75) is 6.92 Å². The Kier molecular flexibility index (Phi) is 5.86. The zero-order chi connectivity index (χ0) is 13.4. The SMILES string of the molecule is COCCNC(=O)CNc1nc(C)cc(OC)n1. The smallest absolute Gasteiger partial charge is 0.239 e. The van der Waals surface area contributed by atoms with Gasteiger partial charge in [-0.1, -0.05) is 0 Å². The third-order valence-corrected chi connectivity index (χ3v) is 2.08. The van der Waals surface area contributed by atoms with E-state index in [0.717, 1.165) is 5.69 Å². The van der Waals surface area contributed by atoms with Gasteiger partial charge in [-0.05, 0) is 6.92 Å². The first kappa shape index (κ1) is 14.2. The van der Waals surface area contributed by atoms with Crippen molar-refractivity contribution in [3.05, 3.63) is 11.8 Å². The molecule has 1 rings (SSSR count). The average molecular weight is 254 g/mol. The zero-order valence-corrected chi connectivity index (χ0v) is 10.8. The van der Waals surface area contributed by atoms with Gasteiger partial charge in [0, 0.05) is 25.4 Å². The number of anilines is 1. The van der Waals surface area contributed by atoms with E-state index in [4.69, 9.17) is 9.47 Å². The Morgan fingerprint density at radius 1 is 1.39 bits per heavy atom. The minimum Gasteiger partial charge on any atom is -0.481 e. The van der Waals surface area contributed by atoms with Crippen LogP contribution in [0.2, 0.25) is 0 Å². The lowest BCUT2D eigenvalue weighted by Crippen LogP contribution is -2.32. The maximum absolute atomic E-state index is 11.4. The molecule has 0 bridgehead atoms. The Morgan fingerprint density at radius 2 is 2.17 bits per heavy atom. The van der Waals surface area contributed by atoms with Gasteiger partial charge in [0.25, 0.3) is 0 Å². The fourth-order valence-corrected chi connectivity index (χ4v) is 1.24. The first-order chi connectivity index (χ1) is 8.65. The molecule has 1 heterocycles. The van der Waals surface area contributed by atoms with Crippen LogP contribution in [0.3, 0.4) is 0 Å². The number of carbonyl (C=O) groups excluding carboxylic acids is 1. The number of hydrogen-bond acceptors (Lipinski definition) is 6. The normalized spacial score (nSPS) is 9.94. The maximum Gasteiger partial charge on any atom is 0.239 e. The molecule has 0 unspecified atom stereocenters. The van der Waals surface area contributed by atoms with Gasteiger partial charge in [-0.15, -0.1) is 0 Å². The number of methoxy groups -OCH3 is 2. The molecule has 1 aromatic heterocycles. The Balaban J connectivity index is 2.43. The zero-order valence-electron chi connectivity index (χ0n) is 10.8. The number of aromatic nitrogens is 2. The van der Waals surface area contributed by atoms with Crippen LogP contribution in [-0.2, 0) is 9.53 Å². The molecular weight excluding hydrogens is 236 g/mol. The number of hydrogen-bond donors (Lipinski definition) is 2. The minimum atomic E-state index is -0.142. The van der Waals surface area contributed by atoms with Gasteiger partial charge in [-0.3, -0.25) is 4.79 Å². The number of aryl methyl sites for hydroxylation is 1. The highest BCUT2D eigenvalue weighted by molar-refractivity contribution is 5.80. The lowest BCUT2D eigenvalue weighted by Gasteiger charge is -2.08. The second-order valence-electron chi connectivity index (χ2n) is 3.57. The summed E-state index contributed by atoms with van der Waals surface area (Å²) in [6, 6.07) is 1.71. The van der Waals surface area contributed by atoms with E-state index >= 15 is 0 Å². The summed E-state index contributed by atoms with van der Waals surface area (Å²) >= 11 is 0. The van der Waals surface area contributed by atoms with E-state index in [2.05, 4.69) is 20.6 Å². The van der Waals surface area contributed by atoms with Crippen LogP contribution in [-0.4, -0.2) is 49.8 Å². The molecule has 18 heavy (non-hydrogen) atoms. The quantitative estimate of drug-likeness (QED) is 0.665. The average Bonchev–Trinajstić information content (AvgIpc) is 2.36. The van der Waals surface area contributed by atoms with Gasteiger partial charge in [0.15, 0.2) is 0 Å². The molecule has 0 atom stereocenters. The van der Waals surface area contributed by atoms with Crippen molar-refractivity contribution in [2.24, 2.45) is 0 Å². The van der Waals surface area contributed by atoms with Gasteiger partial charge < -0.3 is 20.1 Å². The molecular formula is C11H18N4O3. The number of nitrogens with zero attached hydrogens (tertiary/aromatic N) is 2. The summed E-state index contributed by atoms with van der Waals surface area (Å²) in [6.45, 7) is 2.90. The Bertz CT molecular complexity index is 398. The van der Waals surface area contributed by atoms with Crippen LogP contribution in [0.25, 0.3) is 0 Å². The van der Waals surface area contributed by atoms with Crippen LogP contribution < -0.4 is 15.4 Å². The summed E-state index contributed by atoms with van der Waals surface area (Å²) in [5.41, 5.74) is 0.768. The van der Waals surface area contributed by atoms with Crippen molar-refractivity contribution in [1.29, 1.82) is 0 Å². The molecule has 7 nitrogen and oxygen atoms in total. The number of nitrogens with one attached hydrogen (secondary N) is 2. The molecule has 0 aromatic carbocycles. The summed E-state index contributed by atoms with van der Waals surface area (Å²) in [5.74, 6) is 0.689. The molecule has 0 saturated carbocycles. The van der Waals surface area contributed by atoms with E-state index in [1.165, 1.54) is 7.11 Å². The molecule has 0 aliphatic carbocycles. The highest BCUT2D eigenvalue weighted by atomic mass is 16.5. The van der Waals surface area contributed by atoms with Crippen molar-refractivity contribution < 1.29 is 14.3 Å². The highest BCUT2D eigenvalue weighted by Crippen LogP contribution is 2.10. The summed E-state index contributed by atoms with van der Waals surface area (Å²) < 4.78 is 9.84. The molecule has 0 saturated heterocycles. The Hall–Kier alpha value is -1.89. The van der Waals surface area contributed by atoms with Crippen LogP contribution in [0.15, 0.2) is 6.07 Å². The predicted octanol–water partition coefficient (Wildman–Crippen LogP) is -0.0319. The van der Waals surface area contributed by atoms with E-state index in [1.54, 1.807) is 13.2 Å². The topological polar surface area (TPSA) is 85.4 Å². The second kappa shape index (κ2) is 7.44. The van der Waals surface area contributed by atoms with Gasteiger partial charge in [0.05, 0.1) is 20.3 Å². The van der Waals surface area contributed by atoms with Gasteiger partial charge in [-0.2, -0.15) is 4.98 Å². The van der Waals surface area contributed by atoms with Crippen LogP contribution in [0.4, 0.5) is 5.95 Å². The van der Waals surface area contributed by atoms with Gasteiger partial charge in [0.1, 0.15) is 0 Å². The first-order valence-electron chi connectivity index (χ1n) is 5.55. The Morgan fingerprint density at radius 3 is 2.83 bits per heavy atom. The molecule has 0 fully saturated rings. The number of rotatable bonds is 7. The van der Waals surface area contributed by atoms with Crippen molar-refractivity contribution in [1.82, 2.24) is 15.3 Å². The number of carbonyl (C=O) groups is 1. The summed E-state index contributed by atoms with van der Waals surface area (Å²) in [4.78, 5) is 19.6. The summed E-state index contributed by atoms with van der Waals surface area (Å²) in [5, 5.41) is 5.52. The lowest BCUT2D eigenvalue weighted by molar-refractivity contribution is -0.119. The maximum atomic E-state index is 11.4. The van der Waals surface area contributed by atoms with E-state index in [-0.39, 0.29) is 12.5 Å². The molecule has 0 aliphatic rings. The molecule has 7 heteroatoms. The van der Waals surface area contributed by atoms with E-state index < -0.39 is 0 Å². The highest BCUT2D eigenvalue weighted by Gasteiger charge is 2.04. The molecule has 0 radical (unpaired) electrons. The second-order valence-corrected chi connectivity index (χ2v) is 3.57. The van der Waals surface area contributed by atoms with Gasteiger partial charge in [-0.25, -0.2) is 4.98 Å². The minimum absolute atomic E-state index is 0.107. The van der Waals surface area contributed by atoms with E-state index in [0.29, 0.717) is 25.0 Å². The Labute approximate surface area is 106 Å². The fraction of sp³-hybridized carbons (Fsp3) is 0.545. The lowest BCUT2D eigenvalue weighted by atomic mass is 10.4. The standard InChI is InChI=1S/C11H18N4O3/c1-8-6-10(18-3)15-11(14-8)13-7-9(16)12-4-5-17-2/h6H,4-5,7H2,1-3H3,(H,12,16)(H,13,14,15). The molecule has 0 spiro atoms. The van der Waals surface area contributed by atoms with Crippen molar-refractivity contribution >= 4 is 11.9 Å². The summed E-state index contributed by atoms with van der Waals surface area (Å²) in [6.07, 6.45) is 0. The largest absolute Gasteiger partial charge is 0.481 e.